The van der Waals surface area contributed by atoms with Gasteiger partial charge >= 0.3 is 0 Å². The topological polar surface area (TPSA) is 44.5 Å². The lowest BCUT2D eigenvalue weighted by Gasteiger charge is -2.40. The smallest absolute Gasteiger partial charge is 0.0681 e. The Bertz CT molecular complexity index is 667. The number of benzene rings is 1. The first-order valence-corrected chi connectivity index (χ1v) is 9.14. The summed E-state index contributed by atoms with van der Waals surface area (Å²) in [5.74, 6) is 0.607. The SMILES string of the molecule is CN(Cc1ccc(CO)cc1)C[C@@H]1CCCN(C)[C@H]1c1ccnn1C. The first kappa shape index (κ1) is 18.1. The van der Waals surface area contributed by atoms with Crippen molar-refractivity contribution in [2.24, 2.45) is 13.0 Å². The van der Waals surface area contributed by atoms with Crippen molar-refractivity contribution in [3.05, 3.63) is 53.3 Å². The van der Waals surface area contributed by atoms with E-state index in [-0.39, 0.29) is 6.61 Å². The van der Waals surface area contributed by atoms with Gasteiger partial charge in [0.05, 0.1) is 18.3 Å². The van der Waals surface area contributed by atoms with E-state index < -0.39 is 0 Å². The number of likely N-dealkylation sites (tertiary alicyclic amines) is 1. The van der Waals surface area contributed by atoms with E-state index in [0.717, 1.165) is 25.2 Å². The lowest BCUT2D eigenvalue weighted by Crippen LogP contribution is -2.41. The van der Waals surface area contributed by atoms with Crippen LogP contribution in [-0.4, -0.2) is 51.9 Å². The van der Waals surface area contributed by atoms with Crippen LogP contribution >= 0.6 is 0 Å². The molecular formula is C20H30N4O. The van der Waals surface area contributed by atoms with Crippen LogP contribution < -0.4 is 0 Å². The first-order valence-electron chi connectivity index (χ1n) is 9.14. The molecule has 1 aromatic heterocycles. The Morgan fingerprint density at radius 3 is 2.52 bits per heavy atom. The number of hydrogen-bond acceptors (Lipinski definition) is 4. The molecule has 1 saturated heterocycles. The molecule has 2 heterocycles. The molecule has 2 aromatic rings. The molecule has 1 aromatic carbocycles. The van der Waals surface area contributed by atoms with Gasteiger partial charge in [-0.2, -0.15) is 5.10 Å². The van der Waals surface area contributed by atoms with Crippen LogP contribution in [0.4, 0.5) is 0 Å². The molecule has 0 radical (unpaired) electrons. The van der Waals surface area contributed by atoms with E-state index in [2.05, 4.69) is 47.2 Å². The minimum absolute atomic E-state index is 0.108. The second-order valence-corrected chi connectivity index (χ2v) is 7.38. The lowest BCUT2D eigenvalue weighted by molar-refractivity contribution is 0.0873. The molecule has 0 aliphatic carbocycles. The van der Waals surface area contributed by atoms with Crippen molar-refractivity contribution in [3.8, 4) is 0 Å². The molecule has 5 nitrogen and oxygen atoms in total. The Balaban J connectivity index is 1.67. The average molecular weight is 342 g/mol. The van der Waals surface area contributed by atoms with Gasteiger partial charge < -0.3 is 10.0 Å². The van der Waals surface area contributed by atoms with E-state index in [1.165, 1.54) is 24.1 Å². The van der Waals surface area contributed by atoms with Gasteiger partial charge in [-0.05, 0) is 56.6 Å². The minimum atomic E-state index is 0.108. The molecule has 25 heavy (non-hydrogen) atoms. The zero-order valence-electron chi connectivity index (χ0n) is 15.6. The quantitative estimate of drug-likeness (QED) is 0.876. The van der Waals surface area contributed by atoms with Crippen LogP contribution in [0.3, 0.4) is 0 Å². The van der Waals surface area contributed by atoms with Crippen LogP contribution in [0.15, 0.2) is 36.5 Å². The van der Waals surface area contributed by atoms with Gasteiger partial charge in [-0.25, -0.2) is 0 Å². The molecule has 2 atom stereocenters. The fourth-order valence-corrected chi connectivity index (χ4v) is 4.12. The highest BCUT2D eigenvalue weighted by Crippen LogP contribution is 2.35. The third-order valence-corrected chi connectivity index (χ3v) is 5.37. The number of nitrogens with zero attached hydrogens (tertiary/aromatic N) is 4. The second-order valence-electron chi connectivity index (χ2n) is 7.38. The van der Waals surface area contributed by atoms with Crippen molar-refractivity contribution < 1.29 is 5.11 Å². The normalized spacial score (nSPS) is 21.8. The monoisotopic (exact) mass is 342 g/mol. The molecule has 5 heteroatoms. The van der Waals surface area contributed by atoms with Gasteiger partial charge in [-0.1, -0.05) is 24.3 Å². The summed E-state index contributed by atoms with van der Waals surface area (Å²) in [6, 6.07) is 10.8. The second kappa shape index (κ2) is 8.13. The summed E-state index contributed by atoms with van der Waals surface area (Å²) in [6.07, 6.45) is 4.42. The van der Waals surface area contributed by atoms with Crippen LogP contribution in [0, 0.1) is 5.92 Å². The van der Waals surface area contributed by atoms with Crippen molar-refractivity contribution in [3.63, 3.8) is 0 Å². The maximum atomic E-state index is 9.17. The summed E-state index contributed by atoms with van der Waals surface area (Å²) in [5.41, 5.74) is 3.57. The number of aromatic nitrogens is 2. The molecular weight excluding hydrogens is 312 g/mol. The standard InChI is InChI=1S/C20H30N4O/c1-22(13-16-6-8-17(15-25)9-7-16)14-18-5-4-12-23(2)20(18)19-10-11-21-24(19)3/h6-11,18,20,25H,4-5,12-15H2,1-3H3/t18-,20+/m0/s1. The predicted molar refractivity (Wildman–Crippen MR) is 100 cm³/mol. The molecule has 0 amide bonds. The highest BCUT2D eigenvalue weighted by molar-refractivity contribution is 5.22. The zero-order valence-corrected chi connectivity index (χ0v) is 15.6. The van der Waals surface area contributed by atoms with Gasteiger partial charge in [0, 0.05) is 26.3 Å². The Morgan fingerprint density at radius 2 is 1.88 bits per heavy atom. The van der Waals surface area contributed by atoms with Gasteiger partial charge in [0.1, 0.15) is 0 Å². The summed E-state index contributed by atoms with van der Waals surface area (Å²) in [4.78, 5) is 4.90. The molecule has 1 fully saturated rings. The van der Waals surface area contributed by atoms with Crippen LogP contribution in [-0.2, 0) is 20.2 Å². The van der Waals surface area contributed by atoms with E-state index in [4.69, 9.17) is 0 Å². The third-order valence-electron chi connectivity index (χ3n) is 5.37. The highest BCUT2D eigenvalue weighted by atomic mass is 16.3. The van der Waals surface area contributed by atoms with Crippen LogP contribution in [0.25, 0.3) is 0 Å². The molecule has 1 aliphatic rings. The maximum absolute atomic E-state index is 9.17. The van der Waals surface area contributed by atoms with Gasteiger partial charge in [0.2, 0.25) is 0 Å². The van der Waals surface area contributed by atoms with Crippen molar-refractivity contribution >= 4 is 0 Å². The Labute approximate surface area is 150 Å². The molecule has 3 rings (SSSR count). The minimum Gasteiger partial charge on any atom is -0.392 e. The van der Waals surface area contributed by atoms with Gasteiger partial charge in [0.25, 0.3) is 0 Å². The average Bonchev–Trinajstić information content (AvgIpc) is 3.01. The van der Waals surface area contributed by atoms with Gasteiger partial charge in [0.15, 0.2) is 0 Å². The summed E-state index contributed by atoms with van der Waals surface area (Å²) in [7, 11) is 6.48. The van der Waals surface area contributed by atoms with E-state index in [9.17, 15) is 5.11 Å². The van der Waals surface area contributed by atoms with E-state index in [1.54, 1.807) is 0 Å². The van der Waals surface area contributed by atoms with Crippen LogP contribution in [0.2, 0.25) is 0 Å². The molecule has 1 N–H and O–H groups in total. The molecule has 136 valence electrons. The molecule has 0 bridgehead atoms. The fourth-order valence-electron chi connectivity index (χ4n) is 4.12. The predicted octanol–water partition coefficient (Wildman–Crippen LogP) is 2.43. The van der Waals surface area contributed by atoms with Gasteiger partial charge in [-0.15, -0.1) is 0 Å². The van der Waals surface area contributed by atoms with Crippen LogP contribution in [0.5, 0.6) is 0 Å². The van der Waals surface area contributed by atoms with E-state index in [1.807, 2.05) is 30.1 Å². The van der Waals surface area contributed by atoms with E-state index in [0.29, 0.717) is 12.0 Å². The van der Waals surface area contributed by atoms with Gasteiger partial charge in [-0.3, -0.25) is 9.58 Å². The number of rotatable bonds is 6. The van der Waals surface area contributed by atoms with Crippen molar-refractivity contribution in [1.82, 2.24) is 19.6 Å². The number of aliphatic hydroxyl groups excluding tert-OH is 1. The van der Waals surface area contributed by atoms with Crippen molar-refractivity contribution in [2.75, 3.05) is 27.2 Å². The first-order chi connectivity index (χ1) is 12.1. The summed E-state index contributed by atoms with van der Waals surface area (Å²) >= 11 is 0. The summed E-state index contributed by atoms with van der Waals surface area (Å²) in [5, 5.41) is 13.6. The summed E-state index contributed by atoms with van der Waals surface area (Å²) < 4.78 is 2.02. The lowest BCUT2D eigenvalue weighted by atomic mass is 9.87. The zero-order chi connectivity index (χ0) is 17.8. The third kappa shape index (κ3) is 4.29. The number of aliphatic hydroxyl groups is 1. The molecule has 0 saturated carbocycles. The number of aryl methyl sites for hydroxylation is 1. The number of hydrogen-bond donors (Lipinski definition) is 1. The van der Waals surface area contributed by atoms with Crippen molar-refractivity contribution in [1.29, 1.82) is 0 Å². The molecule has 0 spiro atoms. The van der Waals surface area contributed by atoms with Crippen LogP contribution in [0.1, 0.15) is 35.7 Å². The van der Waals surface area contributed by atoms with E-state index >= 15 is 0 Å². The van der Waals surface area contributed by atoms with Crippen molar-refractivity contribution in [2.45, 2.75) is 32.0 Å². The maximum Gasteiger partial charge on any atom is 0.0681 e. The Morgan fingerprint density at radius 1 is 1.16 bits per heavy atom. The molecule has 0 unspecified atom stereocenters. The largest absolute Gasteiger partial charge is 0.392 e. The number of piperidine rings is 1. The summed E-state index contributed by atoms with van der Waals surface area (Å²) in [6.45, 7) is 3.27. The Hall–Kier alpha value is -1.69. The molecule has 1 aliphatic heterocycles. The Kier molecular flexibility index (Phi) is 5.89. The fraction of sp³-hybridized carbons (Fsp3) is 0.550. The highest BCUT2D eigenvalue weighted by Gasteiger charge is 2.32.